The Morgan fingerprint density at radius 3 is 2.10 bits per heavy atom. The molecule has 2 amide bonds. The summed E-state index contributed by atoms with van der Waals surface area (Å²) in [7, 11) is 0. The highest BCUT2D eigenvalue weighted by Crippen LogP contribution is 2.59. The average Bonchev–Trinajstić information content (AvgIpc) is 3.33. The van der Waals surface area contributed by atoms with Gasteiger partial charge in [0.1, 0.15) is 0 Å². The molecule has 0 aromatic heterocycles. The van der Waals surface area contributed by atoms with Crippen molar-refractivity contribution in [3.05, 3.63) is 29.8 Å². The molecule has 1 atom stereocenters. The number of hydrogen-bond acceptors (Lipinski definition) is 3. The number of carbonyl (C=O) groups is 2. The first-order valence-electron chi connectivity index (χ1n) is 9.28. The van der Waals surface area contributed by atoms with Gasteiger partial charge in [0, 0.05) is 24.7 Å². The number of halogens is 6. The number of carbonyl (C=O) groups excluding carboxylic acids is 2. The van der Waals surface area contributed by atoms with Crippen LogP contribution in [-0.2, 0) is 9.53 Å². The van der Waals surface area contributed by atoms with Gasteiger partial charge in [-0.2, -0.15) is 26.3 Å². The third-order valence-electron chi connectivity index (χ3n) is 5.66. The zero-order valence-electron chi connectivity index (χ0n) is 15.9. The van der Waals surface area contributed by atoms with Gasteiger partial charge >= 0.3 is 18.4 Å². The number of piperidine rings is 1. The summed E-state index contributed by atoms with van der Waals surface area (Å²) in [6.07, 6.45) is -16.2. The summed E-state index contributed by atoms with van der Waals surface area (Å²) in [6.45, 7) is 1.76. The molecule has 30 heavy (non-hydrogen) atoms. The van der Waals surface area contributed by atoms with Gasteiger partial charge in [-0.3, -0.25) is 4.79 Å². The molecule has 0 radical (unpaired) electrons. The Morgan fingerprint density at radius 1 is 1.07 bits per heavy atom. The number of benzene rings is 1. The van der Waals surface area contributed by atoms with Gasteiger partial charge in [-0.05, 0) is 43.7 Å². The van der Waals surface area contributed by atoms with Crippen molar-refractivity contribution in [2.75, 3.05) is 18.4 Å². The summed E-state index contributed by atoms with van der Waals surface area (Å²) >= 11 is 0. The van der Waals surface area contributed by atoms with E-state index in [1.807, 2.05) is 19.1 Å². The molecule has 2 aliphatic rings. The summed E-state index contributed by atoms with van der Waals surface area (Å²) in [4.78, 5) is 25.1. The molecule has 2 fully saturated rings. The third kappa shape index (κ3) is 4.81. The van der Waals surface area contributed by atoms with Crippen LogP contribution in [0.4, 0.5) is 36.8 Å². The monoisotopic (exact) mass is 438 g/mol. The van der Waals surface area contributed by atoms with Gasteiger partial charge in [0.15, 0.2) is 0 Å². The number of nitrogens with zero attached hydrogens (tertiary/aromatic N) is 1. The Hall–Kier alpha value is -2.46. The number of alkyl halides is 6. The number of aryl methyl sites for hydroxylation is 1. The fourth-order valence-corrected chi connectivity index (χ4v) is 3.77. The maximum atomic E-state index is 12.6. The maximum Gasteiger partial charge on any atom is 0.434 e. The van der Waals surface area contributed by atoms with Crippen LogP contribution in [0.3, 0.4) is 0 Å². The van der Waals surface area contributed by atoms with E-state index in [9.17, 15) is 35.9 Å². The van der Waals surface area contributed by atoms with Crippen LogP contribution in [0.5, 0.6) is 0 Å². The summed E-state index contributed by atoms with van der Waals surface area (Å²) in [5, 5.41) is 2.80. The van der Waals surface area contributed by atoms with Crippen LogP contribution in [0.15, 0.2) is 24.3 Å². The number of likely N-dealkylation sites (tertiary alicyclic amines) is 1. The van der Waals surface area contributed by atoms with Gasteiger partial charge in [-0.15, -0.1) is 0 Å². The molecule has 1 heterocycles. The van der Waals surface area contributed by atoms with Crippen LogP contribution >= 0.6 is 0 Å². The molecule has 1 aromatic rings. The normalized spacial score (nSPS) is 20.9. The highest BCUT2D eigenvalue weighted by molar-refractivity contribution is 5.95. The Morgan fingerprint density at radius 2 is 1.60 bits per heavy atom. The SMILES string of the molecule is Cc1ccc(NC(=O)[C@@H]2CC23CCN(C(=O)OC(C(F)(F)F)C(F)(F)F)CC3)cc1. The largest absolute Gasteiger partial charge is 0.434 e. The van der Waals surface area contributed by atoms with Crippen molar-refractivity contribution < 1.29 is 40.7 Å². The second-order valence-corrected chi connectivity index (χ2v) is 7.81. The third-order valence-corrected chi connectivity index (χ3v) is 5.66. The molecule has 1 saturated heterocycles. The molecule has 166 valence electrons. The van der Waals surface area contributed by atoms with Crippen molar-refractivity contribution in [2.24, 2.45) is 11.3 Å². The first-order chi connectivity index (χ1) is 13.8. The predicted octanol–water partition coefficient (Wildman–Crippen LogP) is 4.67. The zero-order valence-corrected chi connectivity index (χ0v) is 15.9. The second kappa shape index (κ2) is 7.66. The summed E-state index contributed by atoms with van der Waals surface area (Å²) in [5.74, 6) is -0.501. The van der Waals surface area contributed by atoms with Gasteiger partial charge < -0.3 is 15.0 Å². The van der Waals surface area contributed by atoms with Crippen LogP contribution in [-0.4, -0.2) is 48.4 Å². The van der Waals surface area contributed by atoms with E-state index in [1.165, 1.54) is 0 Å². The molecule has 1 aliphatic carbocycles. The lowest BCUT2D eigenvalue weighted by molar-refractivity contribution is -0.308. The first kappa shape index (κ1) is 22.2. The lowest BCUT2D eigenvalue weighted by Gasteiger charge is -2.33. The molecule has 0 bridgehead atoms. The number of hydrogen-bond donors (Lipinski definition) is 1. The summed E-state index contributed by atoms with van der Waals surface area (Å²) in [6, 6.07) is 7.21. The number of ether oxygens (including phenoxy) is 1. The molecule has 11 heteroatoms. The van der Waals surface area contributed by atoms with Crippen molar-refractivity contribution in [1.29, 1.82) is 0 Å². The lowest BCUT2D eigenvalue weighted by Crippen LogP contribution is -2.49. The Labute approximate surface area is 168 Å². The highest BCUT2D eigenvalue weighted by atomic mass is 19.4. The number of nitrogens with one attached hydrogen (secondary N) is 1. The molecule has 1 saturated carbocycles. The van der Waals surface area contributed by atoms with Gasteiger partial charge in [-0.1, -0.05) is 17.7 Å². The second-order valence-electron chi connectivity index (χ2n) is 7.81. The van der Waals surface area contributed by atoms with Crippen molar-refractivity contribution in [3.63, 3.8) is 0 Å². The maximum absolute atomic E-state index is 12.6. The molecular formula is C19H20F6N2O3. The fraction of sp³-hybridized carbons (Fsp3) is 0.579. The highest BCUT2D eigenvalue weighted by Gasteiger charge is 2.61. The van der Waals surface area contributed by atoms with Gasteiger partial charge in [0.25, 0.3) is 6.10 Å². The molecule has 3 rings (SSSR count). The minimum atomic E-state index is -5.75. The van der Waals surface area contributed by atoms with Crippen molar-refractivity contribution in [1.82, 2.24) is 4.90 Å². The van der Waals surface area contributed by atoms with Gasteiger partial charge in [0.05, 0.1) is 0 Å². The Bertz CT molecular complexity index is 784. The standard InChI is InChI=1S/C19H20F6N2O3/c1-11-2-4-12(5-3-11)26-14(28)13-10-17(13)6-8-27(9-7-17)16(29)30-15(18(20,21)22)19(23,24)25/h2-5,13,15H,6-10H2,1H3,(H,26,28)/t13-/m0/s1. The molecular weight excluding hydrogens is 418 g/mol. The molecule has 1 aliphatic heterocycles. The average molecular weight is 438 g/mol. The lowest BCUT2D eigenvalue weighted by atomic mass is 9.91. The van der Waals surface area contributed by atoms with Gasteiger partial charge in [-0.25, -0.2) is 4.79 Å². The summed E-state index contributed by atoms with van der Waals surface area (Å²) in [5.41, 5.74) is 1.28. The van der Waals surface area contributed by atoms with Crippen molar-refractivity contribution in [3.8, 4) is 0 Å². The van der Waals surface area contributed by atoms with E-state index in [-0.39, 0.29) is 30.3 Å². The smallest absolute Gasteiger partial charge is 0.426 e. The van der Waals surface area contributed by atoms with Crippen molar-refractivity contribution in [2.45, 2.75) is 44.6 Å². The number of amides is 2. The van der Waals surface area contributed by atoms with E-state index < -0.39 is 24.5 Å². The topological polar surface area (TPSA) is 58.6 Å². The van der Waals surface area contributed by atoms with Crippen LogP contribution in [0.1, 0.15) is 24.8 Å². The fourth-order valence-electron chi connectivity index (χ4n) is 3.77. The van der Waals surface area contributed by atoms with E-state index in [2.05, 4.69) is 10.1 Å². The van der Waals surface area contributed by atoms with Crippen LogP contribution in [0, 0.1) is 18.3 Å². The summed E-state index contributed by atoms with van der Waals surface area (Å²) < 4.78 is 79.1. The van der Waals surface area contributed by atoms with Crippen LogP contribution in [0.25, 0.3) is 0 Å². The number of rotatable bonds is 3. The van der Waals surface area contributed by atoms with E-state index in [0.29, 0.717) is 24.9 Å². The molecule has 1 aromatic carbocycles. The Kier molecular flexibility index (Phi) is 5.68. The quantitative estimate of drug-likeness (QED) is 0.699. The van der Waals surface area contributed by atoms with Crippen molar-refractivity contribution >= 4 is 17.7 Å². The van der Waals surface area contributed by atoms with E-state index in [1.54, 1.807) is 12.1 Å². The van der Waals surface area contributed by atoms with E-state index >= 15 is 0 Å². The molecule has 1 N–H and O–H groups in total. The Balaban J connectivity index is 1.53. The number of anilines is 1. The predicted molar refractivity (Wildman–Crippen MR) is 93.5 cm³/mol. The van der Waals surface area contributed by atoms with Crippen LogP contribution < -0.4 is 5.32 Å². The molecule has 5 nitrogen and oxygen atoms in total. The van der Waals surface area contributed by atoms with Crippen LogP contribution in [0.2, 0.25) is 0 Å². The minimum absolute atomic E-state index is 0.0738. The minimum Gasteiger partial charge on any atom is -0.426 e. The molecule has 0 unspecified atom stereocenters. The van der Waals surface area contributed by atoms with E-state index in [0.717, 1.165) is 10.5 Å². The first-order valence-corrected chi connectivity index (χ1v) is 9.28. The van der Waals surface area contributed by atoms with E-state index in [4.69, 9.17) is 0 Å². The van der Waals surface area contributed by atoms with Gasteiger partial charge in [0.2, 0.25) is 5.91 Å². The zero-order chi connectivity index (χ0) is 22.3. The molecule has 1 spiro atoms.